The molecule has 2 heterocycles. The summed E-state index contributed by atoms with van der Waals surface area (Å²) in [5.74, 6) is 5.44. The number of anilines is 1. The Balaban J connectivity index is 1.60. The molecule has 2 aromatic rings. The number of hydrogen-bond donors (Lipinski definition) is 0. The van der Waals surface area contributed by atoms with Crippen LogP contribution in [0.2, 0.25) is 0 Å². The number of carbonyl (C=O) groups excluding carboxylic acids is 1. The van der Waals surface area contributed by atoms with Crippen LogP contribution in [0.1, 0.15) is 111 Å². The average Bonchev–Trinajstić information content (AvgIpc) is 3.59. The Kier molecular flexibility index (Phi) is 14.7. The lowest BCUT2D eigenvalue weighted by atomic mass is 9.73. The zero-order valence-corrected chi connectivity index (χ0v) is 36.9. The molecule has 2 aliphatic heterocycles. The molecule has 56 heavy (non-hydrogen) atoms. The molecule has 3 aliphatic rings. The van der Waals surface area contributed by atoms with Gasteiger partial charge >= 0.3 is 0 Å². The van der Waals surface area contributed by atoms with E-state index in [1.165, 1.54) is 22.4 Å². The number of halogens is 1. The fourth-order valence-electron chi connectivity index (χ4n) is 8.77. The van der Waals surface area contributed by atoms with Gasteiger partial charge in [-0.25, -0.2) is 0 Å². The van der Waals surface area contributed by atoms with Crippen molar-refractivity contribution in [2.24, 2.45) is 0 Å². The molecule has 0 amide bonds. The Bertz CT molecular complexity index is 2030. The summed E-state index contributed by atoms with van der Waals surface area (Å²) in [6.45, 7) is 18.9. The molecule has 0 unspecified atom stereocenters. The molecule has 0 saturated carbocycles. The van der Waals surface area contributed by atoms with Gasteiger partial charge in [0.2, 0.25) is 10.8 Å². The minimum Gasteiger partial charge on any atom is -0.792 e. The summed E-state index contributed by atoms with van der Waals surface area (Å²) in [6, 6.07) is 11.4. The van der Waals surface area contributed by atoms with Gasteiger partial charge in [-0.1, -0.05) is 55.8 Å². The third-order valence-electron chi connectivity index (χ3n) is 11.6. The van der Waals surface area contributed by atoms with Crippen LogP contribution < -0.4 is 23.8 Å². The van der Waals surface area contributed by atoms with E-state index in [1.54, 1.807) is 0 Å². The molecule has 0 fully saturated rings. The van der Waals surface area contributed by atoms with Gasteiger partial charge in [-0.05, 0) is 108 Å². The van der Waals surface area contributed by atoms with E-state index in [-0.39, 0.29) is 17.5 Å². The molecule has 0 spiro atoms. The highest BCUT2D eigenvalue weighted by atomic mass is 79.9. The second kappa shape index (κ2) is 19.0. The summed E-state index contributed by atoms with van der Waals surface area (Å²) in [4.78, 5) is 14.1. The van der Waals surface area contributed by atoms with Crippen LogP contribution in [0.3, 0.4) is 0 Å². The minimum absolute atomic E-state index is 0.123. The molecule has 1 aliphatic carbocycles. The SMILES string of the molecule is CCOc1cc2c(cc1OCC)C(CC)(CC)/C(=C/C=C1\CCCC(/C=C/C3=[N+](C)c4cc(OCC)c(OCC)cc4C3(CC)CC)=C1Br)N2C#CC(=O)S[O-]. The quantitative estimate of drug-likeness (QED) is 0.0996. The molecule has 8 nitrogen and oxygen atoms in total. The van der Waals surface area contributed by atoms with Gasteiger partial charge in [-0.15, -0.1) is 0 Å². The molecule has 10 heteroatoms. The summed E-state index contributed by atoms with van der Waals surface area (Å²) in [7, 11) is 2.16. The molecule has 0 saturated heterocycles. The monoisotopic (exact) mass is 844 g/mol. The average molecular weight is 846 g/mol. The fraction of sp³-hybridized carbons (Fsp3) is 0.478. The van der Waals surface area contributed by atoms with Crippen molar-refractivity contribution in [1.82, 2.24) is 0 Å². The molecular formula is C46H57BrN2O6S. The minimum atomic E-state index is -0.728. The summed E-state index contributed by atoms with van der Waals surface area (Å²) >= 11 is 3.91. The molecule has 0 radical (unpaired) electrons. The van der Waals surface area contributed by atoms with Crippen molar-refractivity contribution >= 4 is 50.2 Å². The maximum absolute atomic E-state index is 12.2. The third kappa shape index (κ3) is 7.97. The van der Waals surface area contributed by atoms with Crippen LogP contribution in [0.5, 0.6) is 23.0 Å². The highest BCUT2D eigenvalue weighted by Gasteiger charge is 2.49. The Morgan fingerprint density at radius 2 is 1.36 bits per heavy atom. The number of benzene rings is 2. The summed E-state index contributed by atoms with van der Waals surface area (Å²) in [5, 5.41) is -0.728. The number of rotatable bonds is 15. The van der Waals surface area contributed by atoms with Crippen molar-refractivity contribution < 1.29 is 32.9 Å². The summed E-state index contributed by atoms with van der Waals surface area (Å²) in [5.41, 5.74) is 8.40. The van der Waals surface area contributed by atoms with Crippen molar-refractivity contribution in [3.8, 4) is 35.0 Å². The number of ether oxygens (including phenoxy) is 4. The number of fused-ring (bicyclic) bond motifs is 2. The molecule has 300 valence electrons. The topological polar surface area (TPSA) is 83.3 Å². The maximum atomic E-state index is 12.2. The van der Waals surface area contributed by atoms with Crippen molar-refractivity contribution in [1.29, 1.82) is 0 Å². The van der Waals surface area contributed by atoms with Crippen LogP contribution in [0.15, 0.2) is 69.9 Å². The first-order chi connectivity index (χ1) is 27.1. The van der Waals surface area contributed by atoms with Crippen molar-refractivity contribution in [3.63, 3.8) is 0 Å². The van der Waals surface area contributed by atoms with Gasteiger partial charge in [0.1, 0.15) is 7.05 Å². The summed E-state index contributed by atoms with van der Waals surface area (Å²) < 4.78 is 39.0. The van der Waals surface area contributed by atoms with Gasteiger partial charge in [0.15, 0.2) is 28.7 Å². The number of allylic oxidation sites excluding steroid dienone is 8. The third-order valence-corrected chi connectivity index (χ3v) is 12.9. The van der Waals surface area contributed by atoms with E-state index in [0.29, 0.717) is 37.9 Å². The van der Waals surface area contributed by atoms with E-state index < -0.39 is 10.5 Å². The molecule has 0 aromatic heterocycles. The van der Waals surface area contributed by atoms with Crippen molar-refractivity contribution in [2.75, 3.05) is 38.4 Å². The van der Waals surface area contributed by atoms with Gasteiger partial charge < -0.3 is 23.5 Å². The maximum Gasteiger partial charge on any atom is 0.250 e. The second-order valence-electron chi connectivity index (χ2n) is 14.1. The van der Waals surface area contributed by atoms with Crippen LogP contribution in [0, 0.1) is 12.0 Å². The van der Waals surface area contributed by atoms with Gasteiger partial charge in [-0.2, -0.15) is 16.6 Å². The molecule has 0 N–H and O–H groups in total. The van der Waals surface area contributed by atoms with Crippen molar-refractivity contribution in [2.45, 2.75) is 111 Å². The zero-order valence-electron chi connectivity index (χ0n) is 34.5. The first-order valence-electron chi connectivity index (χ1n) is 20.2. The predicted molar refractivity (Wildman–Crippen MR) is 232 cm³/mol. The molecule has 2 aromatic carbocycles. The van der Waals surface area contributed by atoms with Crippen LogP contribution in [-0.2, 0) is 15.6 Å². The first-order valence-corrected chi connectivity index (χ1v) is 21.7. The lowest BCUT2D eigenvalue weighted by Crippen LogP contribution is -2.32. The van der Waals surface area contributed by atoms with Crippen LogP contribution >= 0.6 is 28.0 Å². The van der Waals surface area contributed by atoms with E-state index in [9.17, 15) is 9.35 Å². The Hall–Kier alpha value is -3.91. The molecule has 5 rings (SSSR count). The number of carbonyl (C=O) groups is 1. The largest absolute Gasteiger partial charge is 0.792 e. The van der Waals surface area contributed by atoms with Crippen LogP contribution in [-0.4, -0.2) is 53.4 Å². The second-order valence-corrected chi connectivity index (χ2v) is 15.4. The predicted octanol–water partition coefficient (Wildman–Crippen LogP) is 11.2. The van der Waals surface area contributed by atoms with E-state index in [1.807, 2.05) is 38.7 Å². The van der Waals surface area contributed by atoms with Crippen LogP contribution in [0.25, 0.3) is 0 Å². The lowest BCUT2D eigenvalue weighted by molar-refractivity contribution is -0.401. The fourth-order valence-corrected chi connectivity index (χ4v) is 9.52. The number of hydrogen-bond acceptors (Lipinski definition) is 8. The standard InChI is InChI=1S/C46H57BrN2O6S/c1-10-45(11-2)33-27-37(52-14-5)39(54-16-7)29-35(33)48(9)41(45)23-21-31-19-18-20-32(44(31)47)22-24-42-46(12-3,13-4)34-28-38(53-15-6)40(55-17-8)30-36(34)49(42)26-25-43(50)56-51/h21-24,27-30H,10-20H2,1-9H3. The van der Waals surface area contributed by atoms with Gasteiger partial charge in [-0.3, -0.25) is 9.69 Å². The Morgan fingerprint density at radius 1 is 0.804 bits per heavy atom. The van der Waals surface area contributed by atoms with Gasteiger partial charge in [0, 0.05) is 45.3 Å². The Labute approximate surface area is 347 Å². The van der Waals surface area contributed by atoms with Gasteiger partial charge in [0.25, 0.3) is 0 Å². The highest BCUT2D eigenvalue weighted by Crippen LogP contribution is 2.55. The Morgan fingerprint density at radius 3 is 1.91 bits per heavy atom. The zero-order chi connectivity index (χ0) is 40.6. The molecule has 0 bridgehead atoms. The van der Waals surface area contributed by atoms with E-state index in [4.69, 9.17) is 18.9 Å². The lowest BCUT2D eigenvalue weighted by Gasteiger charge is -2.30. The van der Waals surface area contributed by atoms with Gasteiger partial charge in [0.05, 0.1) is 43.6 Å². The highest BCUT2D eigenvalue weighted by molar-refractivity contribution is 9.12. The van der Waals surface area contributed by atoms with E-state index in [2.05, 4.69) is 110 Å². The van der Waals surface area contributed by atoms with Crippen LogP contribution in [0.4, 0.5) is 11.4 Å². The van der Waals surface area contributed by atoms with Crippen molar-refractivity contribution in [3.05, 3.63) is 81.0 Å². The number of nitrogens with zero attached hydrogens (tertiary/aromatic N) is 2. The first kappa shape index (κ1) is 43.2. The molecule has 0 atom stereocenters. The van der Waals surface area contributed by atoms with E-state index in [0.717, 1.165) is 83.6 Å². The normalized spacial score (nSPS) is 18.4. The molecular weight excluding hydrogens is 788 g/mol. The smallest absolute Gasteiger partial charge is 0.250 e. The summed E-state index contributed by atoms with van der Waals surface area (Å²) in [6.07, 6.45) is 15.3. The van der Waals surface area contributed by atoms with E-state index >= 15 is 0 Å².